The van der Waals surface area contributed by atoms with Gasteiger partial charge in [0.15, 0.2) is 11.6 Å². The number of nitriles is 1. The highest BCUT2D eigenvalue weighted by atomic mass is 16.1. The monoisotopic (exact) mass is 321 g/mol. The number of hydrogen-bond donors (Lipinski definition) is 0. The van der Waals surface area contributed by atoms with Crippen molar-refractivity contribution in [3.63, 3.8) is 0 Å². The van der Waals surface area contributed by atoms with E-state index < -0.39 is 0 Å². The Morgan fingerprint density at radius 2 is 2.00 bits per heavy atom. The SMILES string of the molecule is CC(=O)c1cc2c(cn1)CC(=O)C(C#N)=C2N1CCC2(CC1)CC2. The maximum atomic E-state index is 12.4. The van der Waals surface area contributed by atoms with E-state index in [1.807, 2.05) is 0 Å². The Bertz CT molecular complexity index is 818. The smallest absolute Gasteiger partial charge is 0.179 e. The largest absolute Gasteiger partial charge is 0.370 e. The highest BCUT2D eigenvalue weighted by Gasteiger charge is 2.45. The van der Waals surface area contributed by atoms with Gasteiger partial charge in [0.1, 0.15) is 17.3 Å². The number of hydrogen-bond acceptors (Lipinski definition) is 5. The summed E-state index contributed by atoms with van der Waals surface area (Å²) in [6.45, 7) is 3.21. The molecule has 0 aromatic carbocycles. The minimum Gasteiger partial charge on any atom is -0.370 e. The van der Waals surface area contributed by atoms with Crippen LogP contribution in [-0.4, -0.2) is 34.5 Å². The minimum atomic E-state index is -0.149. The molecule has 2 heterocycles. The van der Waals surface area contributed by atoms with Crippen molar-refractivity contribution in [2.24, 2.45) is 5.41 Å². The van der Waals surface area contributed by atoms with Crippen LogP contribution in [0.25, 0.3) is 5.70 Å². The van der Waals surface area contributed by atoms with Crippen LogP contribution in [0.5, 0.6) is 0 Å². The molecule has 1 aromatic rings. The van der Waals surface area contributed by atoms with E-state index in [2.05, 4.69) is 16.0 Å². The summed E-state index contributed by atoms with van der Waals surface area (Å²) in [5, 5.41) is 9.54. The molecular weight excluding hydrogens is 302 g/mol. The number of nitrogens with zero attached hydrogens (tertiary/aromatic N) is 3. The molecule has 0 radical (unpaired) electrons. The summed E-state index contributed by atoms with van der Waals surface area (Å²) >= 11 is 0. The number of rotatable bonds is 2. The zero-order chi connectivity index (χ0) is 16.9. The third-order valence-electron chi connectivity index (χ3n) is 5.68. The molecule has 1 spiro atoms. The van der Waals surface area contributed by atoms with Crippen molar-refractivity contribution in [2.75, 3.05) is 13.1 Å². The van der Waals surface area contributed by atoms with Crippen LogP contribution in [0, 0.1) is 16.7 Å². The molecule has 0 N–H and O–H groups in total. The summed E-state index contributed by atoms with van der Waals surface area (Å²) in [5.41, 5.74) is 3.49. The molecule has 2 fully saturated rings. The molecule has 0 amide bonds. The number of carbonyl (C=O) groups is 2. The molecule has 1 saturated heterocycles. The number of ketones is 2. The first-order valence-electron chi connectivity index (χ1n) is 8.46. The van der Waals surface area contributed by atoms with Crippen molar-refractivity contribution in [3.05, 3.63) is 34.7 Å². The standard InChI is InChI=1S/C19H19N3O2/c1-12(23)16-9-14-13(11-21-16)8-17(24)15(10-20)18(14)22-6-4-19(2-3-19)5-7-22/h9,11H,2-8H2,1H3. The Balaban J connectivity index is 1.79. The molecule has 0 atom stereocenters. The van der Waals surface area contributed by atoms with Gasteiger partial charge < -0.3 is 4.90 Å². The van der Waals surface area contributed by atoms with E-state index in [0.717, 1.165) is 37.1 Å². The summed E-state index contributed by atoms with van der Waals surface area (Å²) in [6, 6.07) is 3.86. The number of piperidine rings is 1. The molecule has 2 aliphatic carbocycles. The number of aromatic nitrogens is 1. The van der Waals surface area contributed by atoms with Gasteiger partial charge in [-0.1, -0.05) is 0 Å². The van der Waals surface area contributed by atoms with Gasteiger partial charge in [-0.15, -0.1) is 0 Å². The Labute approximate surface area is 141 Å². The van der Waals surface area contributed by atoms with Gasteiger partial charge >= 0.3 is 0 Å². The Kier molecular flexibility index (Phi) is 3.31. The zero-order valence-corrected chi connectivity index (χ0v) is 13.8. The van der Waals surface area contributed by atoms with Crippen LogP contribution in [0.2, 0.25) is 0 Å². The molecule has 0 bridgehead atoms. The molecule has 122 valence electrons. The summed E-state index contributed by atoms with van der Waals surface area (Å²) in [5.74, 6) is -0.257. The number of allylic oxidation sites excluding steroid dienone is 1. The zero-order valence-electron chi connectivity index (χ0n) is 13.8. The van der Waals surface area contributed by atoms with E-state index in [-0.39, 0.29) is 23.6 Å². The summed E-state index contributed by atoms with van der Waals surface area (Å²) in [4.78, 5) is 30.4. The maximum Gasteiger partial charge on any atom is 0.179 e. The fraction of sp³-hybridized carbons (Fsp3) is 0.474. The molecule has 3 aliphatic rings. The third kappa shape index (κ3) is 2.34. The minimum absolute atomic E-state index is 0.108. The van der Waals surface area contributed by atoms with Crippen LogP contribution >= 0.6 is 0 Å². The van der Waals surface area contributed by atoms with E-state index in [1.165, 1.54) is 19.8 Å². The Morgan fingerprint density at radius 3 is 2.58 bits per heavy atom. The lowest BCUT2D eigenvalue weighted by Gasteiger charge is -2.37. The molecule has 4 rings (SSSR count). The summed E-state index contributed by atoms with van der Waals surface area (Å²) in [7, 11) is 0. The molecule has 1 aliphatic heterocycles. The van der Waals surface area contributed by atoms with Crippen LogP contribution in [-0.2, 0) is 11.2 Å². The lowest BCUT2D eigenvalue weighted by molar-refractivity contribution is -0.114. The topological polar surface area (TPSA) is 74.1 Å². The highest BCUT2D eigenvalue weighted by Crippen LogP contribution is 2.54. The predicted octanol–water partition coefficient (Wildman–Crippen LogP) is 2.52. The van der Waals surface area contributed by atoms with E-state index in [0.29, 0.717) is 16.8 Å². The van der Waals surface area contributed by atoms with Crippen LogP contribution in [0.1, 0.15) is 54.2 Å². The quantitative estimate of drug-likeness (QED) is 0.783. The van der Waals surface area contributed by atoms with Crippen LogP contribution in [0.4, 0.5) is 0 Å². The number of likely N-dealkylation sites (tertiary alicyclic amines) is 1. The van der Waals surface area contributed by atoms with Crippen molar-refractivity contribution in [3.8, 4) is 6.07 Å². The second kappa shape index (κ2) is 5.27. The van der Waals surface area contributed by atoms with Crippen molar-refractivity contribution >= 4 is 17.3 Å². The molecule has 5 heteroatoms. The molecule has 5 nitrogen and oxygen atoms in total. The van der Waals surface area contributed by atoms with Gasteiger partial charge in [-0.3, -0.25) is 14.6 Å². The molecule has 24 heavy (non-hydrogen) atoms. The van der Waals surface area contributed by atoms with Crippen molar-refractivity contribution in [1.29, 1.82) is 5.26 Å². The number of Topliss-reactive ketones (excluding diaryl/α,β-unsaturated/α-hetero) is 2. The fourth-order valence-corrected chi connectivity index (χ4v) is 3.89. The van der Waals surface area contributed by atoms with Crippen molar-refractivity contribution < 1.29 is 9.59 Å². The summed E-state index contributed by atoms with van der Waals surface area (Å²) < 4.78 is 0. The van der Waals surface area contributed by atoms with Gasteiger partial charge in [0, 0.05) is 38.2 Å². The lowest BCUT2D eigenvalue weighted by Crippen LogP contribution is -2.36. The molecule has 1 saturated carbocycles. The van der Waals surface area contributed by atoms with Crippen molar-refractivity contribution in [2.45, 2.75) is 39.0 Å². The average molecular weight is 321 g/mol. The fourth-order valence-electron chi connectivity index (χ4n) is 3.89. The second-order valence-electron chi connectivity index (χ2n) is 7.21. The van der Waals surface area contributed by atoms with Crippen LogP contribution < -0.4 is 0 Å². The highest BCUT2D eigenvalue weighted by molar-refractivity contribution is 6.10. The third-order valence-corrected chi connectivity index (χ3v) is 5.68. The van der Waals surface area contributed by atoms with E-state index in [1.54, 1.807) is 12.3 Å². The first kappa shape index (κ1) is 15.1. The second-order valence-corrected chi connectivity index (χ2v) is 7.21. The first-order chi connectivity index (χ1) is 11.5. The van der Waals surface area contributed by atoms with Gasteiger partial charge in [0.2, 0.25) is 0 Å². The Morgan fingerprint density at radius 1 is 1.29 bits per heavy atom. The normalized spacial score (nSPS) is 21.5. The van der Waals surface area contributed by atoms with Gasteiger partial charge in [0.05, 0.1) is 5.70 Å². The van der Waals surface area contributed by atoms with Crippen LogP contribution in [0.3, 0.4) is 0 Å². The van der Waals surface area contributed by atoms with E-state index in [4.69, 9.17) is 0 Å². The molecule has 1 aromatic heterocycles. The van der Waals surface area contributed by atoms with Gasteiger partial charge in [0.25, 0.3) is 0 Å². The van der Waals surface area contributed by atoms with E-state index >= 15 is 0 Å². The predicted molar refractivity (Wildman–Crippen MR) is 88.0 cm³/mol. The van der Waals surface area contributed by atoms with Gasteiger partial charge in [-0.25, -0.2) is 0 Å². The number of pyridine rings is 1. The van der Waals surface area contributed by atoms with Crippen molar-refractivity contribution in [1.82, 2.24) is 9.88 Å². The average Bonchev–Trinajstić information content (AvgIpc) is 3.33. The van der Waals surface area contributed by atoms with E-state index in [9.17, 15) is 14.9 Å². The number of fused-ring (bicyclic) bond motifs is 1. The lowest BCUT2D eigenvalue weighted by atomic mass is 9.86. The van der Waals surface area contributed by atoms with Gasteiger partial charge in [-0.05, 0) is 42.7 Å². The molecule has 0 unspecified atom stereocenters. The Hall–Kier alpha value is -2.48. The number of carbonyl (C=O) groups excluding carboxylic acids is 2. The first-order valence-corrected chi connectivity index (χ1v) is 8.46. The molecular formula is C19H19N3O2. The van der Waals surface area contributed by atoms with Gasteiger partial charge in [-0.2, -0.15) is 5.26 Å². The summed E-state index contributed by atoms with van der Waals surface area (Å²) in [6.07, 6.45) is 6.64. The van der Waals surface area contributed by atoms with Crippen LogP contribution in [0.15, 0.2) is 17.8 Å². The maximum absolute atomic E-state index is 12.4.